The van der Waals surface area contributed by atoms with E-state index in [0.29, 0.717) is 11.5 Å². The maximum atomic E-state index is 3.62. The predicted octanol–water partition coefficient (Wildman–Crippen LogP) is 3.52. The zero-order chi connectivity index (χ0) is 13.8. The van der Waals surface area contributed by atoms with Crippen LogP contribution in [0.5, 0.6) is 0 Å². The zero-order valence-electron chi connectivity index (χ0n) is 13.4. The molecular weight excluding hydrogens is 220 g/mol. The molecule has 0 aromatic carbocycles. The lowest BCUT2D eigenvalue weighted by atomic mass is 9.84. The van der Waals surface area contributed by atoms with Gasteiger partial charge >= 0.3 is 0 Å². The van der Waals surface area contributed by atoms with E-state index in [1.165, 1.54) is 32.4 Å². The number of likely N-dealkylation sites (tertiary alicyclic amines) is 1. The first-order chi connectivity index (χ1) is 8.36. The van der Waals surface area contributed by atoms with Gasteiger partial charge in [-0.2, -0.15) is 0 Å². The second-order valence-corrected chi connectivity index (χ2v) is 7.15. The van der Waals surface area contributed by atoms with Crippen LogP contribution in [0.4, 0.5) is 0 Å². The Kier molecular flexibility index (Phi) is 6.13. The average molecular weight is 254 g/mol. The summed E-state index contributed by atoms with van der Waals surface area (Å²) >= 11 is 0. The first kappa shape index (κ1) is 16.0. The van der Waals surface area contributed by atoms with Gasteiger partial charge in [0, 0.05) is 25.2 Å². The molecule has 0 spiro atoms. The minimum Gasteiger partial charge on any atom is -0.314 e. The van der Waals surface area contributed by atoms with Gasteiger partial charge in [0.25, 0.3) is 0 Å². The van der Waals surface area contributed by atoms with E-state index in [1.807, 2.05) is 0 Å². The van der Waals surface area contributed by atoms with Crippen LogP contribution >= 0.6 is 0 Å². The molecule has 0 aliphatic carbocycles. The summed E-state index contributed by atoms with van der Waals surface area (Å²) in [5, 5.41) is 3.62. The first-order valence-electron chi connectivity index (χ1n) is 7.83. The van der Waals surface area contributed by atoms with Crippen molar-refractivity contribution < 1.29 is 0 Å². The first-order valence-corrected chi connectivity index (χ1v) is 7.83. The zero-order valence-corrected chi connectivity index (χ0v) is 13.4. The summed E-state index contributed by atoms with van der Waals surface area (Å²) in [7, 11) is 0. The van der Waals surface area contributed by atoms with Crippen LogP contribution in [0.15, 0.2) is 0 Å². The molecule has 0 aromatic rings. The molecule has 0 amide bonds. The molecular formula is C16H34N2. The van der Waals surface area contributed by atoms with Gasteiger partial charge in [0.15, 0.2) is 0 Å². The monoisotopic (exact) mass is 254 g/mol. The largest absolute Gasteiger partial charge is 0.314 e. The van der Waals surface area contributed by atoms with Crippen LogP contribution in [0.1, 0.15) is 60.8 Å². The molecule has 108 valence electrons. The molecule has 0 saturated carbocycles. The Morgan fingerprint density at radius 2 is 2.00 bits per heavy atom. The van der Waals surface area contributed by atoms with Crippen LogP contribution in [-0.4, -0.2) is 36.6 Å². The number of rotatable bonds is 6. The van der Waals surface area contributed by atoms with E-state index in [4.69, 9.17) is 0 Å². The summed E-state index contributed by atoms with van der Waals surface area (Å²) in [6.07, 6.45) is 4.00. The summed E-state index contributed by atoms with van der Waals surface area (Å²) in [4.78, 5) is 2.71. The van der Waals surface area contributed by atoms with E-state index in [-0.39, 0.29) is 0 Å². The Bertz CT molecular complexity index is 239. The van der Waals surface area contributed by atoms with Gasteiger partial charge in [-0.05, 0) is 44.1 Å². The normalized spacial score (nSPS) is 29.5. The van der Waals surface area contributed by atoms with Crippen LogP contribution in [-0.2, 0) is 0 Å². The highest BCUT2D eigenvalue weighted by Gasteiger charge is 2.30. The van der Waals surface area contributed by atoms with Gasteiger partial charge in [0.1, 0.15) is 0 Å². The molecule has 1 saturated heterocycles. The van der Waals surface area contributed by atoms with Crippen molar-refractivity contribution in [2.45, 2.75) is 72.9 Å². The fraction of sp³-hybridized carbons (Fsp3) is 1.00. The van der Waals surface area contributed by atoms with E-state index in [0.717, 1.165) is 18.5 Å². The molecule has 0 radical (unpaired) electrons. The van der Waals surface area contributed by atoms with Crippen molar-refractivity contribution in [3.05, 3.63) is 0 Å². The third kappa shape index (κ3) is 4.89. The number of nitrogens with one attached hydrogen (secondary N) is 1. The summed E-state index contributed by atoms with van der Waals surface area (Å²) < 4.78 is 0. The van der Waals surface area contributed by atoms with E-state index in [9.17, 15) is 0 Å². The van der Waals surface area contributed by atoms with Crippen LogP contribution in [0, 0.1) is 11.3 Å². The molecule has 18 heavy (non-hydrogen) atoms. The fourth-order valence-electron chi connectivity index (χ4n) is 2.92. The number of hydrogen-bond donors (Lipinski definition) is 1. The molecule has 1 heterocycles. The Hall–Kier alpha value is -0.0800. The van der Waals surface area contributed by atoms with E-state index < -0.39 is 0 Å². The van der Waals surface area contributed by atoms with Crippen molar-refractivity contribution in [1.29, 1.82) is 0 Å². The molecule has 2 heteroatoms. The van der Waals surface area contributed by atoms with Gasteiger partial charge in [-0.3, -0.25) is 0 Å². The average Bonchev–Trinajstić information content (AvgIpc) is 2.30. The molecule has 2 nitrogen and oxygen atoms in total. The molecule has 1 fully saturated rings. The van der Waals surface area contributed by atoms with Crippen molar-refractivity contribution in [3.63, 3.8) is 0 Å². The lowest BCUT2D eigenvalue weighted by Gasteiger charge is -2.42. The van der Waals surface area contributed by atoms with Crippen molar-refractivity contribution in [1.82, 2.24) is 10.2 Å². The van der Waals surface area contributed by atoms with Gasteiger partial charge in [-0.1, -0.05) is 34.6 Å². The number of piperidine rings is 1. The second-order valence-electron chi connectivity index (χ2n) is 7.15. The molecule has 1 aliphatic rings. The maximum absolute atomic E-state index is 3.62. The third-order valence-electron chi connectivity index (χ3n) is 4.65. The lowest BCUT2D eigenvalue weighted by Crippen LogP contribution is -2.49. The predicted molar refractivity (Wildman–Crippen MR) is 81.0 cm³/mol. The molecule has 0 aromatic heterocycles. The van der Waals surface area contributed by atoms with E-state index >= 15 is 0 Å². The summed E-state index contributed by atoms with van der Waals surface area (Å²) in [5.74, 6) is 0.915. The Morgan fingerprint density at radius 3 is 2.50 bits per heavy atom. The standard InChI is InChI=1S/C16H34N2/c1-7-16(6,11-17-13(2)3)12-18-9-8-14(4)10-15(18)5/h13-15,17H,7-12H2,1-6H3. The molecule has 1 rings (SSSR count). The Morgan fingerprint density at radius 1 is 1.33 bits per heavy atom. The minimum atomic E-state index is 0.416. The third-order valence-corrected chi connectivity index (χ3v) is 4.65. The van der Waals surface area contributed by atoms with Gasteiger partial charge in [0.2, 0.25) is 0 Å². The van der Waals surface area contributed by atoms with Gasteiger partial charge in [-0.15, -0.1) is 0 Å². The number of hydrogen-bond acceptors (Lipinski definition) is 2. The van der Waals surface area contributed by atoms with Crippen LogP contribution < -0.4 is 5.32 Å². The van der Waals surface area contributed by atoms with Crippen LogP contribution in [0.3, 0.4) is 0 Å². The maximum Gasteiger partial charge on any atom is 0.00697 e. The van der Waals surface area contributed by atoms with Gasteiger partial charge in [-0.25, -0.2) is 0 Å². The molecule has 1 aliphatic heterocycles. The SMILES string of the molecule is CCC(C)(CNC(C)C)CN1CCC(C)CC1C. The fourth-order valence-corrected chi connectivity index (χ4v) is 2.92. The second kappa shape index (κ2) is 6.91. The summed E-state index contributed by atoms with van der Waals surface area (Å²) in [5.41, 5.74) is 0.416. The Labute approximate surface area is 115 Å². The van der Waals surface area contributed by atoms with Crippen molar-refractivity contribution in [2.75, 3.05) is 19.6 Å². The Balaban J connectivity index is 2.50. The van der Waals surface area contributed by atoms with Gasteiger partial charge in [0.05, 0.1) is 0 Å². The smallest absolute Gasteiger partial charge is 0.00697 e. The van der Waals surface area contributed by atoms with Crippen LogP contribution in [0.25, 0.3) is 0 Å². The lowest BCUT2D eigenvalue weighted by molar-refractivity contribution is 0.0740. The van der Waals surface area contributed by atoms with E-state index in [1.54, 1.807) is 0 Å². The molecule has 3 atom stereocenters. The summed E-state index contributed by atoms with van der Waals surface area (Å²) in [6, 6.07) is 1.35. The minimum absolute atomic E-state index is 0.416. The molecule has 0 bridgehead atoms. The van der Waals surface area contributed by atoms with Crippen molar-refractivity contribution >= 4 is 0 Å². The van der Waals surface area contributed by atoms with E-state index in [2.05, 4.69) is 51.8 Å². The highest BCUT2D eigenvalue weighted by atomic mass is 15.2. The topological polar surface area (TPSA) is 15.3 Å². The van der Waals surface area contributed by atoms with Crippen molar-refractivity contribution in [2.24, 2.45) is 11.3 Å². The highest BCUT2D eigenvalue weighted by molar-refractivity contribution is 4.85. The summed E-state index contributed by atoms with van der Waals surface area (Å²) in [6.45, 7) is 17.7. The quantitative estimate of drug-likeness (QED) is 0.780. The number of nitrogens with zero attached hydrogens (tertiary/aromatic N) is 1. The van der Waals surface area contributed by atoms with Gasteiger partial charge < -0.3 is 10.2 Å². The molecule has 3 unspecified atom stereocenters. The van der Waals surface area contributed by atoms with Crippen LogP contribution in [0.2, 0.25) is 0 Å². The highest BCUT2D eigenvalue weighted by Crippen LogP contribution is 2.28. The molecule has 1 N–H and O–H groups in total. The van der Waals surface area contributed by atoms with Crippen molar-refractivity contribution in [3.8, 4) is 0 Å².